The molecule has 0 saturated heterocycles. The van der Waals surface area contributed by atoms with Gasteiger partial charge in [-0.2, -0.15) is 0 Å². The van der Waals surface area contributed by atoms with E-state index in [1.54, 1.807) is 6.07 Å². The molecular weight excluding hydrogens is 295 g/mol. The summed E-state index contributed by atoms with van der Waals surface area (Å²) in [6.45, 7) is 0. The van der Waals surface area contributed by atoms with Gasteiger partial charge in [0.25, 0.3) is 0 Å². The Hall–Kier alpha value is -2.93. The third-order valence-corrected chi connectivity index (χ3v) is 5.46. The van der Waals surface area contributed by atoms with Crippen LogP contribution in [0.5, 0.6) is 0 Å². The first-order valence-electron chi connectivity index (χ1n) is 8.28. The molecule has 0 unspecified atom stereocenters. The Balaban J connectivity index is 1.93. The molecule has 0 N–H and O–H groups in total. The molecule has 0 spiro atoms. The van der Waals surface area contributed by atoms with E-state index in [0.29, 0.717) is 0 Å². The van der Waals surface area contributed by atoms with Crippen molar-refractivity contribution in [2.45, 2.75) is 6.42 Å². The van der Waals surface area contributed by atoms with E-state index in [4.69, 9.17) is 0 Å². The van der Waals surface area contributed by atoms with E-state index in [-0.39, 0.29) is 5.82 Å². The van der Waals surface area contributed by atoms with E-state index in [0.717, 1.165) is 22.6 Å². The lowest BCUT2D eigenvalue weighted by Crippen LogP contribution is -1.91. The Labute approximate surface area is 138 Å². The summed E-state index contributed by atoms with van der Waals surface area (Å²) in [5.41, 5.74) is 5.16. The van der Waals surface area contributed by atoms with Gasteiger partial charge in [-0.1, -0.05) is 54.6 Å². The fourth-order valence-corrected chi connectivity index (χ4v) is 4.49. The van der Waals surface area contributed by atoms with Gasteiger partial charge in [0.15, 0.2) is 0 Å². The third kappa shape index (κ3) is 1.38. The molecule has 0 atom stereocenters. The highest BCUT2D eigenvalue weighted by Gasteiger charge is 2.23. The number of hydrogen-bond acceptors (Lipinski definition) is 0. The zero-order valence-corrected chi connectivity index (χ0v) is 12.9. The summed E-state index contributed by atoms with van der Waals surface area (Å²) in [5, 5.41) is 6.33. The molecule has 0 bridgehead atoms. The topological polar surface area (TPSA) is 0 Å². The maximum atomic E-state index is 14.8. The normalized spacial score (nSPS) is 13.0. The van der Waals surface area contributed by atoms with E-state index in [1.165, 1.54) is 38.4 Å². The van der Waals surface area contributed by atoms with Crippen molar-refractivity contribution in [3.05, 3.63) is 83.7 Å². The standard InChI is InChI=1S/C23H13F/c24-20-12-15-6-3-5-13-8-9-18-22-16(11-19(20)23(18)21(13)15)10-14-4-1-2-7-17(14)22/h1-9,11-12H,10H2. The molecule has 24 heavy (non-hydrogen) atoms. The van der Waals surface area contributed by atoms with Crippen LogP contribution in [0.2, 0.25) is 0 Å². The van der Waals surface area contributed by atoms with Crippen molar-refractivity contribution in [2.24, 2.45) is 0 Å². The van der Waals surface area contributed by atoms with Crippen LogP contribution in [-0.2, 0) is 6.42 Å². The molecule has 112 valence electrons. The summed E-state index contributed by atoms with van der Waals surface area (Å²) in [5.74, 6) is -0.120. The maximum absolute atomic E-state index is 14.8. The molecule has 5 aromatic rings. The van der Waals surface area contributed by atoms with E-state index in [1.807, 2.05) is 12.1 Å². The minimum Gasteiger partial charge on any atom is -0.206 e. The zero-order valence-electron chi connectivity index (χ0n) is 12.9. The van der Waals surface area contributed by atoms with Gasteiger partial charge in [0, 0.05) is 10.8 Å². The van der Waals surface area contributed by atoms with Gasteiger partial charge < -0.3 is 0 Å². The summed E-state index contributed by atoms with van der Waals surface area (Å²) < 4.78 is 14.8. The summed E-state index contributed by atoms with van der Waals surface area (Å²) in [6.07, 6.45) is 0.890. The highest BCUT2D eigenvalue weighted by atomic mass is 19.1. The Morgan fingerprint density at radius 1 is 0.667 bits per heavy atom. The number of halogens is 1. The van der Waals surface area contributed by atoms with Gasteiger partial charge in [-0.05, 0) is 62.4 Å². The Morgan fingerprint density at radius 2 is 1.54 bits per heavy atom. The summed E-state index contributed by atoms with van der Waals surface area (Å²) in [6, 6.07) is 22.7. The van der Waals surface area contributed by atoms with Gasteiger partial charge in [-0.15, -0.1) is 0 Å². The first kappa shape index (κ1) is 12.5. The fourth-order valence-electron chi connectivity index (χ4n) is 4.49. The van der Waals surface area contributed by atoms with E-state index >= 15 is 0 Å². The molecule has 0 saturated carbocycles. The van der Waals surface area contributed by atoms with Gasteiger partial charge in [0.1, 0.15) is 5.82 Å². The zero-order chi connectivity index (χ0) is 15.8. The maximum Gasteiger partial charge on any atom is 0.131 e. The Morgan fingerprint density at radius 3 is 2.50 bits per heavy atom. The molecular formula is C23H13F. The first-order valence-corrected chi connectivity index (χ1v) is 8.28. The van der Waals surface area contributed by atoms with E-state index in [2.05, 4.69) is 48.5 Å². The van der Waals surface area contributed by atoms with Crippen LogP contribution in [0.25, 0.3) is 43.4 Å². The second-order valence-corrected chi connectivity index (χ2v) is 6.72. The molecule has 6 rings (SSSR count). The van der Waals surface area contributed by atoms with Gasteiger partial charge in [-0.3, -0.25) is 0 Å². The van der Waals surface area contributed by atoms with Crippen LogP contribution in [0.1, 0.15) is 11.1 Å². The minimum atomic E-state index is -0.120. The lowest BCUT2D eigenvalue weighted by molar-refractivity contribution is 0.641. The van der Waals surface area contributed by atoms with Crippen molar-refractivity contribution >= 4 is 32.3 Å². The molecule has 1 aliphatic rings. The lowest BCUT2D eigenvalue weighted by Gasteiger charge is -2.15. The van der Waals surface area contributed by atoms with Crippen LogP contribution in [0.15, 0.2) is 66.7 Å². The van der Waals surface area contributed by atoms with Crippen LogP contribution in [0, 0.1) is 5.82 Å². The SMILES string of the molecule is Fc1cc2cccc3ccc4c5c(cc1c4c32)Cc1ccccc1-5. The quantitative estimate of drug-likeness (QED) is 0.289. The lowest BCUT2D eigenvalue weighted by atomic mass is 9.89. The van der Waals surface area contributed by atoms with Gasteiger partial charge in [-0.25, -0.2) is 4.39 Å². The van der Waals surface area contributed by atoms with Crippen LogP contribution >= 0.6 is 0 Å². The number of benzene rings is 5. The Kier molecular flexibility index (Phi) is 2.15. The van der Waals surface area contributed by atoms with E-state index < -0.39 is 0 Å². The monoisotopic (exact) mass is 308 g/mol. The van der Waals surface area contributed by atoms with Crippen molar-refractivity contribution in [3.8, 4) is 11.1 Å². The average Bonchev–Trinajstić information content (AvgIpc) is 2.98. The molecule has 0 nitrogen and oxygen atoms in total. The molecule has 5 aromatic carbocycles. The molecule has 0 heterocycles. The van der Waals surface area contributed by atoms with Gasteiger partial charge >= 0.3 is 0 Å². The molecule has 0 aromatic heterocycles. The predicted molar refractivity (Wildman–Crippen MR) is 98.3 cm³/mol. The van der Waals surface area contributed by atoms with Crippen LogP contribution < -0.4 is 0 Å². The average molecular weight is 308 g/mol. The molecule has 0 aliphatic heterocycles. The minimum absolute atomic E-state index is 0.120. The van der Waals surface area contributed by atoms with Gasteiger partial charge in [0.2, 0.25) is 0 Å². The number of rotatable bonds is 0. The molecule has 0 fully saturated rings. The fraction of sp³-hybridized carbons (Fsp3) is 0.0435. The van der Waals surface area contributed by atoms with Crippen molar-refractivity contribution in [1.82, 2.24) is 0 Å². The first-order chi connectivity index (χ1) is 11.8. The van der Waals surface area contributed by atoms with Crippen molar-refractivity contribution in [1.29, 1.82) is 0 Å². The summed E-state index contributed by atoms with van der Waals surface area (Å²) in [7, 11) is 0. The van der Waals surface area contributed by atoms with Crippen LogP contribution in [-0.4, -0.2) is 0 Å². The van der Waals surface area contributed by atoms with Crippen molar-refractivity contribution in [2.75, 3.05) is 0 Å². The number of hydrogen-bond donors (Lipinski definition) is 0. The van der Waals surface area contributed by atoms with E-state index in [9.17, 15) is 4.39 Å². The second kappa shape index (κ2) is 4.12. The highest BCUT2D eigenvalue weighted by Crippen LogP contribution is 2.46. The molecule has 0 amide bonds. The van der Waals surface area contributed by atoms with Crippen molar-refractivity contribution in [3.63, 3.8) is 0 Å². The predicted octanol–water partition coefficient (Wildman–Crippen LogP) is 6.29. The molecule has 1 aliphatic carbocycles. The Bertz CT molecular complexity index is 1280. The summed E-state index contributed by atoms with van der Waals surface area (Å²) >= 11 is 0. The molecule has 0 radical (unpaired) electrons. The molecule has 1 heteroatoms. The van der Waals surface area contributed by atoms with Gasteiger partial charge in [0.05, 0.1) is 0 Å². The smallest absolute Gasteiger partial charge is 0.131 e. The second-order valence-electron chi connectivity index (χ2n) is 6.72. The highest BCUT2D eigenvalue weighted by molar-refractivity contribution is 6.26. The van der Waals surface area contributed by atoms with Crippen molar-refractivity contribution < 1.29 is 4.39 Å². The van der Waals surface area contributed by atoms with Crippen LogP contribution in [0.3, 0.4) is 0 Å². The number of fused-ring (bicyclic) bond motifs is 4. The summed E-state index contributed by atoms with van der Waals surface area (Å²) in [4.78, 5) is 0. The third-order valence-electron chi connectivity index (χ3n) is 5.46. The van der Waals surface area contributed by atoms with Crippen LogP contribution in [0.4, 0.5) is 4.39 Å². The largest absolute Gasteiger partial charge is 0.206 e.